The molecule has 3 aromatic carbocycles. The molecule has 0 aromatic heterocycles. The van der Waals surface area contributed by atoms with Crippen LogP contribution in [-0.2, 0) is 13.1 Å². The van der Waals surface area contributed by atoms with Crippen molar-refractivity contribution >= 4 is 22.6 Å². The summed E-state index contributed by atoms with van der Waals surface area (Å²) in [7, 11) is 3.38. The first-order chi connectivity index (χ1) is 15.9. The molecular formula is C28H34N2O2S. The van der Waals surface area contributed by atoms with Gasteiger partial charge in [0.2, 0.25) is 0 Å². The predicted molar refractivity (Wildman–Crippen MR) is 141 cm³/mol. The zero-order valence-corrected chi connectivity index (χ0v) is 21.3. The summed E-state index contributed by atoms with van der Waals surface area (Å²) in [6.07, 6.45) is 2.10. The highest BCUT2D eigenvalue weighted by atomic mass is 32.2. The van der Waals surface area contributed by atoms with Gasteiger partial charge < -0.3 is 14.4 Å². The second-order valence-electron chi connectivity index (χ2n) is 8.32. The van der Waals surface area contributed by atoms with Gasteiger partial charge in [-0.05, 0) is 65.6 Å². The Hall–Kier alpha value is -2.92. The fourth-order valence-corrected chi connectivity index (χ4v) is 4.31. The second kappa shape index (κ2) is 11.8. The molecule has 3 aromatic rings. The molecule has 0 fully saturated rings. The number of methoxy groups -OCH3 is 2. The molecule has 0 spiro atoms. The topological polar surface area (TPSA) is 34.1 Å². The molecule has 174 valence electrons. The zero-order chi connectivity index (χ0) is 23.8. The van der Waals surface area contributed by atoms with Gasteiger partial charge in [0, 0.05) is 13.1 Å². The minimum absolute atomic E-state index is 0.406. The Bertz CT molecular complexity index is 1010. The largest absolute Gasteiger partial charge is 0.497 e. The third-order valence-corrected chi connectivity index (χ3v) is 6.33. The van der Waals surface area contributed by atoms with Crippen LogP contribution < -0.4 is 9.47 Å². The van der Waals surface area contributed by atoms with Crippen LogP contribution in [0.4, 0.5) is 5.69 Å². The lowest BCUT2D eigenvalue weighted by molar-refractivity contribution is 0.405. The predicted octanol–water partition coefficient (Wildman–Crippen LogP) is 7.19. The Morgan fingerprint density at radius 2 is 1.36 bits per heavy atom. The number of para-hydroxylation sites is 1. The molecule has 0 atom stereocenters. The number of rotatable bonds is 8. The third-order valence-electron chi connectivity index (χ3n) is 5.62. The van der Waals surface area contributed by atoms with Gasteiger partial charge in [0.1, 0.15) is 11.5 Å². The van der Waals surface area contributed by atoms with Crippen molar-refractivity contribution in [1.29, 1.82) is 0 Å². The molecule has 0 bridgehead atoms. The quantitative estimate of drug-likeness (QED) is 0.262. The summed E-state index contributed by atoms with van der Waals surface area (Å²) in [5, 5.41) is 0.998. The highest BCUT2D eigenvalue weighted by Gasteiger charge is 2.16. The number of aryl methyl sites for hydroxylation is 1. The molecule has 0 aliphatic rings. The summed E-state index contributed by atoms with van der Waals surface area (Å²) in [5.74, 6) is 2.13. The average Bonchev–Trinajstić information content (AvgIpc) is 2.83. The number of nitrogens with zero attached hydrogens (tertiary/aromatic N) is 2. The van der Waals surface area contributed by atoms with E-state index in [1.807, 2.05) is 24.3 Å². The van der Waals surface area contributed by atoms with Crippen LogP contribution in [0.1, 0.15) is 42.0 Å². The number of aliphatic imine (C=N–C) groups is 1. The van der Waals surface area contributed by atoms with E-state index in [-0.39, 0.29) is 0 Å². The Morgan fingerprint density at radius 3 is 1.79 bits per heavy atom. The number of benzene rings is 3. The number of hydrogen-bond acceptors (Lipinski definition) is 4. The van der Waals surface area contributed by atoms with E-state index in [0.717, 1.165) is 35.4 Å². The van der Waals surface area contributed by atoms with Gasteiger partial charge in [0.25, 0.3) is 0 Å². The summed E-state index contributed by atoms with van der Waals surface area (Å²) in [6, 6.07) is 22.9. The molecule has 0 saturated carbocycles. The van der Waals surface area contributed by atoms with E-state index in [4.69, 9.17) is 14.5 Å². The van der Waals surface area contributed by atoms with Gasteiger partial charge in [-0.25, -0.2) is 4.99 Å². The monoisotopic (exact) mass is 462 g/mol. The van der Waals surface area contributed by atoms with E-state index < -0.39 is 0 Å². The van der Waals surface area contributed by atoms with Crippen molar-refractivity contribution in [3.05, 3.63) is 89.0 Å². The Labute approximate surface area is 202 Å². The summed E-state index contributed by atoms with van der Waals surface area (Å²) in [5.41, 5.74) is 5.96. The molecule has 33 heavy (non-hydrogen) atoms. The lowest BCUT2D eigenvalue weighted by Gasteiger charge is -2.26. The van der Waals surface area contributed by atoms with Gasteiger partial charge in [-0.1, -0.05) is 68.1 Å². The van der Waals surface area contributed by atoms with E-state index in [0.29, 0.717) is 5.92 Å². The molecule has 0 radical (unpaired) electrons. The molecule has 0 amide bonds. The molecular weight excluding hydrogens is 428 g/mol. The van der Waals surface area contributed by atoms with Crippen LogP contribution in [0.3, 0.4) is 0 Å². The first-order valence-electron chi connectivity index (χ1n) is 11.2. The van der Waals surface area contributed by atoms with Crippen molar-refractivity contribution in [2.75, 3.05) is 20.5 Å². The summed E-state index contributed by atoms with van der Waals surface area (Å²) in [4.78, 5) is 7.55. The van der Waals surface area contributed by atoms with Crippen molar-refractivity contribution in [1.82, 2.24) is 4.90 Å². The van der Waals surface area contributed by atoms with E-state index in [1.165, 1.54) is 22.3 Å². The van der Waals surface area contributed by atoms with Gasteiger partial charge in [-0.3, -0.25) is 0 Å². The van der Waals surface area contributed by atoms with Crippen LogP contribution in [0.25, 0.3) is 0 Å². The van der Waals surface area contributed by atoms with Crippen LogP contribution in [-0.4, -0.2) is 30.5 Å². The van der Waals surface area contributed by atoms with Crippen LogP contribution in [0.15, 0.2) is 71.7 Å². The fraction of sp³-hybridized carbons (Fsp3) is 0.321. The standard InChI is InChI=1S/C28H34N2O2S/c1-20(2)26-9-7-8-21(3)27(26)29-28(33-6)30(18-22-10-14-24(31-4)15-11-22)19-23-12-16-25(32-5)17-13-23/h7-17,20H,18-19H2,1-6H3. The first-order valence-corrected chi connectivity index (χ1v) is 12.4. The number of ether oxygens (including phenoxy) is 2. The molecule has 0 aliphatic heterocycles. The molecule has 0 N–H and O–H groups in total. The normalized spacial score (nSPS) is 11.5. The van der Waals surface area contributed by atoms with Gasteiger partial charge in [-0.15, -0.1) is 0 Å². The maximum absolute atomic E-state index is 5.33. The Morgan fingerprint density at radius 1 is 0.848 bits per heavy atom. The summed E-state index contributed by atoms with van der Waals surface area (Å²) >= 11 is 1.68. The average molecular weight is 463 g/mol. The minimum atomic E-state index is 0.406. The van der Waals surface area contributed by atoms with Gasteiger partial charge in [0.15, 0.2) is 5.17 Å². The van der Waals surface area contributed by atoms with Crippen molar-refractivity contribution < 1.29 is 9.47 Å². The molecule has 4 nitrogen and oxygen atoms in total. The number of thioether (sulfide) groups is 1. The molecule has 0 heterocycles. The zero-order valence-electron chi connectivity index (χ0n) is 20.5. The number of amidine groups is 1. The minimum Gasteiger partial charge on any atom is -0.497 e. The highest BCUT2D eigenvalue weighted by Crippen LogP contribution is 2.32. The van der Waals surface area contributed by atoms with Crippen molar-refractivity contribution in [2.45, 2.75) is 39.8 Å². The molecule has 5 heteroatoms. The summed E-state index contributed by atoms with van der Waals surface area (Å²) < 4.78 is 10.7. The van der Waals surface area contributed by atoms with Crippen LogP contribution in [0.5, 0.6) is 11.5 Å². The maximum atomic E-state index is 5.33. The Balaban J connectivity index is 2.00. The summed E-state index contributed by atoms with van der Waals surface area (Å²) in [6.45, 7) is 8.08. The second-order valence-corrected chi connectivity index (χ2v) is 9.09. The third kappa shape index (κ3) is 6.55. The van der Waals surface area contributed by atoms with Crippen LogP contribution >= 0.6 is 11.8 Å². The van der Waals surface area contributed by atoms with Crippen LogP contribution in [0.2, 0.25) is 0 Å². The van der Waals surface area contributed by atoms with Gasteiger partial charge in [-0.2, -0.15) is 0 Å². The molecule has 0 saturated heterocycles. The van der Waals surface area contributed by atoms with Gasteiger partial charge >= 0.3 is 0 Å². The molecule has 0 unspecified atom stereocenters. The van der Waals surface area contributed by atoms with Crippen LogP contribution in [0, 0.1) is 6.92 Å². The highest BCUT2D eigenvalue weighted by molar-refractivity contribution is 8.13. The van der Waals surface area contributed by atoms with Crippen molar-refractivity contribution in [3.63, 3.8) is 0 Å². The fourth-order valence-electron chi connectivity index (χ4n) is 3.74. The smallest absolute Gasteiger partial charge is 0.164 e. The molecule has 3 rings (SSSR count). The van der Waals surface area contributed by atoms with Crippen molar-refractivity contribution in [2.24, 2.45) is 4.99 Å². The Kier molecular flexibility index (Phi) is 8.84. The van der Waals surface area contributed by atoms with E-state index in [9.17, 15) is 0 Å². The number of hydrogen-bond donors (Lipinski definition) is 0. The van der Waals surface area contributed by atoms with Crippen molar-refractivity contribution in [3.8, 4) is 11.5 Å². The lowest BCUT2D eigenvalue weighted by Crippen LogP contribution is -2.28. The van der Waals surface area contributed by atoms with E-state index in [2.05, 4.69) is 74.4 Å². The SMILES string of the molecule is COc1ccc(CN(Cc2ccc(OC)cc2)C(=Nc2c(C)cccc2C(C)C)SC)cc1. The molecule has 0 aliphatic carbocycles. The van der Waals surface area contributed by atoms with E-state index >= 15 is 0 Å². The first kappa shape index (κ1) is 24.7. The van der Waals surface area contributed by atoms with E-state index in [1.54, 1.807) is 26.0 Å². The lowest BCUT2D eigenvalue weighted by atomic mass is 9.98. The maximum Gasteiger partial charge on any atom is 0.164 e. The van der Waals surface area contributed by atoms with Gasteiger partial charge in [0.05, 0.1) is 19.9 Å².